The molecule has 0 fully saturated rings. The maximum Gasteiger partial charge on any atom is 0.00190 e. The predicted molar refractivity (Wildman–Crippen MR) is 104 cm³/mol. The fourth-order valence-electron chi connectivity index (χ4n) is 1.92. The second-order valence-corrected chi connectivity index (χ2v) is 6.00. The van der Waals surface area contributed by atoms with E-state index in [9.17, 15) is 0 Å². The minimum atomic E-state index is 0.112. The summed E-state index contributed by atoms with van der Waals surface area (Å²) in [4.78, 5) is 0. The molecule has 2 nitrogen and oxygen atoms in total. The highest BCUT2D eigenvalue weighted by molar-refractivity contribution is 5.23. The molecule has 1 atom stereocenters. The summed E-state index contributed by atoms with van der Waals surface area (Å²) in [6.07, 6.45) is 0. The molecule has 126 valence electrons. The monoisotopic (exact) mass is 312 g/mol. The van der Waals surface area contributed by atoms with Crippen LogP contribution in [0.2, 0.25) is 0 Å². The second-order valence-electron chi connectivity index (χ2n) is 6.00. The summed E-state index contributed by atoms with van der Waals surface area (Å²) in [7, 11) is 0. The van der Waals surface area contributed by atoms with Crippen molar-refractivity contribution >= 4 is 0 Å². The summed E-state index contributed by atoms with van der Waals surface area (Å²) >= 11 is 0. The van der Waals surface area contributed by atoms with Gasteiger partial charge >= 0.3 is 0 Å². The Morgan fingerprint density at radius 1 is 0.870 bits per heavy atom. The molecular formula is C21H32N2. The SMILES string of the molecule is C=C.CC(C)(CN)c1ccccc1.CC(CN)c1ccccc1. The molecule has 0 bridgehead atoms. The average Bonchev–Trinajstić information content (AvgIpc) is 2.64. The van der Waals surface area contributed by atoms with Crippen molar-refractivity contribution in [2.45, 2.75) is 32.1 Å². The highest BCUT2D eigenvalue weighted by Gasteiger charge is 2.16. The fraction of sp³-hybridized carbons (Fsp3) is 0.333. The van der Waals surface area contributed by atoms with Gasteiger partial charge in [-0.3, -0.25) is 0 Å². The third-order valence-corrected chi connectivity index (χ3v) is 3.79. The Hall–Kier alpha value is -1.90. The molecule has 0 heterocycles. The highest BCUT2D eigenvalue weighted by Crippen LogP contribution is 2.20. The van der Waals surface area contributed by atoms with Crippen molar-refractivity contribution in [3.8, 4) is 0 Å². The molecule has 0 saturated heterocycles. The molecule has 4 N–H and O–H groups in total. The van der Waals surface area contributed by atoms with Gasteiger partial charge in [0, 0.05) is 12.0 Å². The van der Waals surface area contributed by atoms with E-state index in [1.54, 1.807) is 0 Å². The second kappa shape index (κ2) is 11.6. The van der Waals surface area contributed by atoms with Crippen LogP contribution in [0.25, 0.3) is 0 Å². The van der Waals surface area contributed by atoms with E-state index in [1.807, 2.05) is 36.4 Å². The van der Waals surface area contributed by atoms with Gasteiger partial charge in [0.15, 0.2) is 0 Å². The van der Waals surface area contributed by atoms with E-state index >= 15 is 0 Å². The maximum absolute atomic E-state index is 5.64. The Kier molecular flexibility index (Phi) is 10.7. The Morgan fingerprint density at radius 2 is 1.30 bits per heavy atom. The first-order valence-electron chi connectivity index (χ1n) is 8.02. The third-order valence-electron chi connectivity index (χ3n) is 3.79. The van der Waals surface area contributed by atoms with E-state index < -0.39 is 0 Å². The summed E-state index contributed by atoms with van der Waals surface area (Å²) in [6.45, 7) is 13.9. The van der Waals surface area contributed by atoms with E-state index in [0.717, 1.165) is 6.54 Å². The molecule has 0 aliphatic rings. The van der Waals surface area contributed by atoms with Crippen LogP contribution in [0.15, 0.2) is 73.8 Å². The van der Waals surface area contributed by atoms with Crippen molar-refractivity contribution in [3.05, 3.63) is 84.9 Å². The van der Waals surface area contributed by atoms with Crippen LogP contribution in [-0.4, -0.2) is 13.1 Å². The molecule has 0 aromatic heterocycles. The fourth-order valence-corrected chi connectivity index (χ4v) is 1.92. The lowest BCUT2D eigenvalue weighted by molar-refractivity contribution is 0.539. The third kappa shape index (κ3) is 7.78. The lowest BCUT2D eigenvalue weighted by atomic mass is 9.85. The summed E-state index contributed by atoms with van der Waals surface area (Å²) in [5.41, 5.74) is 13.9. The topological polar surface area (TPSA) is 52.0 Å². The van der Waals surface area contributed by atoms with Crippen LogP contribution in [0, 0.1) is 0 Å². The molecule has 0 radical (unpaired) electrons. The first-order chi connectivity index (χ1) is 11.0. The lowest BCUT2D eigenvalue weighted by Gasteiger charge is -2.22. The summed E-state index contributed by atoms with van der Waals surface area (Å²) < 4.78 is 0. The molecule has 2 heteroatoms. The van der Waals surface area contributed by atoms with Crippen molar-refractivity contribution in [1.82, 2.24) is 0 Å². The molecule has 23 heavy (non-hydrogen) atoms. The molecule has 0 amide bonds. The molecule has 0 aliphatic heterocycles. The van der Waals surface area contributed by atoms with Gasteiger partial charge in [-0.05, 0) is 23.6 Å². The minimum absolute atomic E-state index is 0.112. The van der Waals surface area contributed by atoms with Gasteiger partial charge in [-0.2, -0.15) is 0 Å². The Balaban J connectivity index is 0.000000381. The molecule has 2 rings (SSSR count). The molecule has 1 unspecified atom stereocenters. The van der Waals surface area contributed by atoms with Crippen LogP contribution in [0.5, 0.6) is 0 Å². The summed E-state index contributed by atoms with van der Waals surface area (Å²) in [5, 5.41) is 0. The largest absolute Gasteiger partial charge is 0.330 e. The van der Waals surface area contributed by atoms with E-state index in [2.05, 4.69) is 58.2 Å². The Bertz CT molecular complexity index is 506. The normalized spacial score (nSPS) is 11.3. The van der Waals surface area contributed by atoms with Gasteiger partial charge in [0.1, 0.15) is 0 Å². The quantitative estimate of drug-likeness (QED) is 0.818. The number of hydrogen-bond donors (Lipinski definition) is 2. The number of benzene rings is 2. The zero-order valence-electron chi connectivity index (χ0n) is 14.8. The van der Waals surface area contributed by atoms with Crippen LogP contribution >= 0.6 is 0 Å². The van der Waals surface area contributed by atoms with Gasteiger partial charge in [0.2, 0.25) is 0 Å². The van der Waals surface area contributed by atoms with Crippen LogP contribution in [-0.2, 0) is 5.41 Å². The number of hydrogen-bond acceptors (Lipinski definition) is 2. The van der Waals surface area contributed by atoms with Gasteiger partial charge in [0.05, 0.1) is 0 Å². The van der Waals surface area contributed by atoms with Gasteiger partial charge < -0.3 is 11.5 Å². The molecule has 2 aromatic carbocycles. The van der Waals surface area contributed by atoms with Crippen molar-refractivity contribution < 1.29 is 0 Å². The van der Waals surface area contributed by atoms with Crippen LogP contribution in [0.4, 0.5) is 0 Å². The van der Waals surface area contributed by atoms with Crippen molar-refractivity contribution in [3.63, 3.8) is 0 Å². The van der Waals surface area contributed by atoms with Gasteiger partial charge in [-0.1, -0.05) is 81.4 Å². The standard InChI is InChI=1S/C10H15N.C9H13N.C2H4/c1-10(2,8-11)9-6-4-3-5-7-9;1-8(7-10)9-5-3-2-4-6-9;1-2/h3-7H,8,11H2,1-2H3;2-6,8H,7,10H2,1H3;1-2H2. The molecule has 0 saturated carbocycles. The zero-order chi connectivity index (χ0) is 17.7. The van der Waals surface area contributed by atoms with E-state index in [0.29, 0.717) is 12.5 Å². The molecule has 2 aromatic rings. The molecule has 0 spiro atoms. The Morgan fingerprint density at radius 3 is 1.70 bits per heavy atom. The smallest absolute Gasteiger partial charge is 0.00190 e. The predicted octanol–water partition coefficient (Wildman–Crippen LogP) is 4.47. The van der Waals surface area contributed by atoms with Crippen molar-refractivity contribution in [2.24, 2.45) is 11.5 Å². The minimum Gasteiger partial charge on any atom is -0.330 e. The highest BCUT2D eigenvalue weighted by atomic mass is 14.6. The molecule has 0 aliphatic carbocycles. The van der Waals surface area contributed by atoms with Gasteiger partial charge in [0.25, 0.3) is 0 Å². The van der Waals surface area contributed by atoms with Gasteiger partial charge in [-0.25, -0.2) is 0 Å². The molecular weight excluding hydrogens is 280 g/mol. The summed E-state index contributed by atoms with van der Waals surface area (Å²) in [6, 6.07) is 20.7. The van der Waals surface area contributed by atoms with Crippen LogP contribution < -0.4 is 11.5 Å². The Labute approximate surface area is 142 Å². The number of rotatable bonds is 4. The van der Waals surface area contributed by atoms with E-state index in [-0.39, 0.29) is 5.41 Å². The van der Waals surface area contributed by atoms with Crippen LogP contribution in [0.1, 0.15) is 37.8 Å². The van der Waals surface area contributed by atoms with E-state index in [1.165, 1.54) is 11.1 Å². The maximum atomic E-state index is 5.64. The van der Waals surface area contributed by atoms with Crippen molar-refractivity contribution in [1.29, 1.82) is 0 Å². The summed E-state index contributed by atoms with van der Waals surface area (Å²) in [5.74, 6) is 0.487. The lowest BCUT2D eigenvalue weighted by Crippen LogP contribution is -2.27. The first kappa shape index (κ1) is 21.1. The number of nitrogens with two attached hydrogens (primary N) is 2. The van der Waals surface area contributed by atoms with Crippen molar-refractivity contribution in [2.75, 3.05) is 13.1 Å². The zero-order valence-corrected chi connectivity index (χ0v) is 14.8. The van der Waals surface area contributed by atoms with E-state index in [4.69, 9.17) is 11.5 Å². The average molecular weight is 313 g/mol. The van der Waals surface area contributed by atoms with Gasteiger partial charge in [-0.15, -0.1) is 13.2 Å². The first-order valence-corrected chi connectivity index (χ1v) is 8.02. The van der Waals surface area contributed by atoms with Crippen LogP contribution in [0.3, 0.4) is 0 Å².